The number of halogens is 1. The topological polar surface area (TPSA) is 57.9 Å². The second-order valence-corrected chi connectivity index (χ2v) is 10.3. The summed E-state index contributed by atoms with van der Waals surface area (Å²) < 4.78 is 16.1. The molecule has 1 amide bonds. The fourth-order valence-corrected chi connectivity index (χ4v) is 5.10. The molecular formula is C27H34FN3O. The number of benzene rings is 1. The zero-order valence-electron chi connectivity index (χ0n) is 19.6. The minimum absolute atomic E-state index is 0.0521. The molecule has 1 atom stereocenters. The Balaban J connectivity index is 1.90. The van der Waals surface area contributed by atoms with Gasteiger partial charge in [0.15, 0.2) is 0 Å². The van der Waals surface area contributed by atoms with Crippen molar-refractivity contribution in [2.24, 2.45) is 5.41 Å². The van der Waals surface area contributed by atoms with Crippen molar-refractivity contribution in [3.63, 3.8) is 0 Å². The lowest BCUT2D eigenvalue weighted by Crippen LogP contribution is -2.28. The molecule has 32 heavy (non-hydrogen) atoms. The van der Waals surface area contributed by atoms with Crippen molar-refractivity contribution in [2.45, 2.75) is 78.2 Å². The highest BCUT2D eigenvalue weighted by Gasteiger charge is 2.28. The number of amides is 1. The molecule has 1 unspecified atom stereocenters. The first-order valence-electron chi connectivity index (χ1n) is 11.7. The summed E-state index contributed by atoms with van der Waals surface area (Å²) in [6.07, 6.45) is 13.2. The van der Waals surface area contributed by atoms with Gasteiger partial charge in [-0.3, -0.25) is 4.79 Å². The molecule has 0 radical (unpaired) electrons. The molecule has 1 aromatic heterocycles. The van der Waals surface area contributed by atoms with Crippen molar-refractivity contribution >= 4 is 28.7 Å². The highest BCUT2D eigenvalue weighted by Crippen LogP contribution is 2.43. The first kappa shape index (κ1) is 22.5. The second-order valence-electron chi connectivity index (χ2n) is 10.3. The normalized spacial score (nSPS) is 19.8. The van der Waals surface area contributed by atoms with Gasteiger partial charge in [-0.05, 0) is 62.0 Å². The average molecular weight is 436 g/mol. The van der Waals surface area contributed by atoms with Crippen molar-refractivity contribution in [2.75, 3.05) is 5.32 Å². The predicted molar refractivity (Wildman–Crippen MR) is 130 cm³/mol. The van der Waals surface area contributed by atoms with Gasteiger partial charge in [-0.15, -0.1) is 0 Å². The van der Waals surface area contributed by atoms with Crippen molar-refractivity contribution in [1.29, 1.82) is 5.41 Å². The van der Waals surface area contributed by atoms with E-state index in [1.807, 2.05) is 39.0 Å². The summed E-state index contributed by atoms with van der Waals surface area (Å²) in [7, 11) is 0. The molecule has 0 bridgehead atoms. The summed E-state index contributed by atoms with van der Waals surface area (Å²) in [4.78, 5) is 12.7. The van der Waals surface area contributed by atoms with Crippen molar-refractivity contribution in [3.05, 3.63) is 53.0 Å². The van der Waals surface area contributed by atoms with Crippen LogP contribution in [-0.4, -0.2) is 16.7 Å². The van der Waals surface area contributed by atoms with E-state index in [9.17, 15) is 9.18 Å². The Hall–Kier alpha value is -2.69. The van der Waals surface area contributed by atoms with Crippen LogP contribution in [0.1, 0.15) is 88.1 Å². The summed E-state index contributed by atoms with van der Waals surface area (Å²) in [6, 6.07) is 4.10. The van der Waals surface area contributed by atoms with Crippen LogP contribution in [0.15, 0.2) is 36.2 Å². The molecule has 1 fully saturated rings. The number of hydrogen-bond acceptors (Lipinski definition) is 2. The van der Waals surface area contributed by atoms with Crippen LogP contribution in [0.4, 0.5) is 10.1 Å². The van der Waals surface area contributed by atoms with E-state index in [1.165, 1.54) is 49.6 Å². The number of fused-ring (bicyclic) bond motifs is 1. The van der Waals surface area contributed by atoms with Crippen molar-refractivity contribution < 1.29 is 9.18 Å². The Morgan fingerprint density at radius 3 is 2.53 bits per heavy atom. The molecule has 5 heteroatoms. The van der Waals surface area contributed by atoms with E-state index in [1.54, 1.807) is 12.2 Å². The molecule has 0 saturated heterocycles. The molecule has 170 valence electrons. The predicted octanol–water partition coefficient (Wildman–Crippen LogP) is 7.33. The third-order valence-corrected chi connectivity index (χ3v) is 6.92. The molecule has 2 N–H and O–H groups in total. The van der Waals surface area contributed by atoms with Crippen LogP contribution in [0.25, 0.3) is 10.9 Å². The van der Waals surface area contributed by atoms with E-state index in [-0.39, 0.29) is 17.8 Å². The first-order chi connectivity index (χ1) is 15.2. The Morgan fingerprint density at radius 1 is 1.22 bits per heavy atom. The van der Waals surface area contributed by atoms with Gasteiger partial charge in [0.05, 0.1) is 11.7 Å². The fourth-order valence-electron chi connectivity index (χ4n) is 5.10. The summed E-state index contributed by atoms with van der Waals surface area (Å²) in [5.41, 5.74) is 4.46. The third kappa shape index (κ3) is 4.17. The first-order valence-corrected chi connectivity index (χ1v) is 11.7. The number of hydrogen-bond donors (Lipinski definition) is 2. The fraction of sp³-hybridized carbons (Fsp3) is 0.481. The Kier molecular flexibility index (Phi) is 6.11. The maximum Gasteiger partial charge on any atom is 0.229 e. The molecule has 0 spiro atoms. The smallest absolute Gasteiger partial charge is 0.229 e. The quantitative estimate of drug-likeness (QED) is 0.485. The Morgan fingerprint density at radius 2 is 1.94 bits per heavy atom. The molecule has 0 aliphatic heterocycles. The molecule has 4 rings (SSSR count). The average Bonchev–Trinajstić information content (AvgIpc) is 3.05. The van der Waals surface area contributed by atoms with Gasteiger partial charge >= 0.3 is 0 Å². The van der Waals surface area contributed by atoms with E-state index in [0.717, 1.165) is 10.9 Å². The molecule has 1 saturated carbocycles. The van der Waals surface area contributed by atoms with E-state index in [4.69, 9.17) is 5.41 Å². The number of aromatic nitrogens is 1. The Labute approximate surface area is 190 Å². The van der Waals surface area contributed by atoms with E-state index in [2.05, 4.69) is 16.8 Å². The van der Waals surface area contributed by atoms with Gasteiger partial charge in [-0.2, -0.15) is 0 Å². The van der Waals surface area contributed by atoms with E-state index >= 15 is 0 Å². The largest absolute Gasteiger partial charge is 0.337 e. The van der Waals surface area contributed by atoms with E-state index in [0.29, 0.717) is 23.6 Å². The zero-order valence-corrected chi connectivity index (χ0v) is 19.6. The number of carbonyl (C=O) groups is 1. The minimum atomic E-state index is -0.522. The SMILES string of the molecule is Cc1c(C2CCCCC2)n(C2C=CC(F)=CC2)c2cc(C=N)c(NC(=O)C(C)(C)C)cc12. The van der Waals surface area contributed by atoms with Crippen LogP contribution in [0, 0.1) is 17.7 Å². The van der Waals surface area contributed by atoms with Gasteiger partial charge in [0, 0.05) is 33.8 Å². The summed E-state index contributed by atoms with van der Waals surface area (Å²) >= 11 is 0. The van der Waals surface area contributed by atoms with Crippen molar-refractivity contribution in [3.8, 4) is 0 Å². The standard InChI is InChI=1S/C27H34FN3O/c1-17-22-15-23(30-26(32)27(2,3)4)19(16-29)14-24(22)31(21-12-10-20(28)11-13-21)25(17)18-8-6-5-7-9-18/h10-12,14-16,18,21,29H,5-9,13H2,1-4H3,(H,30,32). The summed E-state index contributed by atoms with van der Waals surface area (Å²) in [5.74, 6) is 0.234. The molecule has 2 aliphatic rings. The van der Waals surface area contributed by atoms with Gasteiger partial charge in [0.25, 0.3) is 0 Å². The highest BCUT2D eigenvalue weighted by atomic mass is 19.1. The number of nitrogens with one attached hydrogen (secondary N) is 2. The van der Waals surface area contributed by atoms with Crippen LogP contribution >= 0.6 is 0 Å². The lowest BCUT2D eigenvalue weighted by Gasteiger charge is -2.28. The van der Waals surface area contributed by atoms with Gasteiger partial charge in [0.2, 0.25) is 5.91 Å². The van der Waals surface area contributed by atoms with E-state index < -0.39 is 5.41 Å². The lowest BCUT2D eigenvalue weighted by molar-refractivity contribution is -0.123. The number of carbonyl (C=O) groups excluding carboxylic acids is 1. The zero-order chi connectivity index (χ0) is 23.0. The van der Waals surface area contributed by atoms with Crippen LogP contribution in [0.3, 0.4) is 0 Å². The summed E-state index contributed by atoms with van der Waals surface area (Å²) in [5, 5.41) is 12.1. The van der Waals surface area contributed by atoms with Gasteiger partial charge in [-0.1, -0.05) is 46.1 Å². The van der Waals surface area contributed by atoms with Crippen LogP contribution in [-0.2, 0) is 4.79 Å². The van der Waals surface area contributed by atoms with Gasteiger partial charge < -0.3 is 15.3 Å². The molecule has 2 aromatic rings. The monoisotopic (exact) mass is 435 g/mol. The maximum absolute atomic E-state index is 13.7. The highest BCUT2D eigenvalue weighted by molar-refractivity contribution is 6.04. The molecule has 1 aromatic carbocycles. The summed E-state index contributed by atoms with van der Waals surface area (Å²) in [6.45, 7) is 7.83. The third-order valence-electron chi connectivity index (χ3n) is 6.92. The molecular weight excluding hydrogens is 401 g/mol. The molecule has 4 nitrogen and oxygen atoms in total. The van der Waals surface area contributed by atoms with Crippen LogP contribution < -0.4 is 5.32 Å². The lowest BCUT2D eigenvalue weighted by atomic mass is 9.85. The van der Waals surface area contributed by atoms with Crippen LogP contribution in [0.2, 0.25) is 0 Å². The van der Waals surface area contributed by atoms with Crippen molar-refractivity contribution in [1.82, 2.24) is 4.57 Å². The number of aryl methyl sites for hydroxylation is 1. The number of rotatable bonds is 4. The maximum atomic E-state index is 13.7. The van der Waals surface area contributed by atoms with Gasteiger partial charge in [0.1, 0.15) is 5.83 Å². The molecule has 2 aliphatic carbocycles. The second kappa shape index (κ2) is 8.68. The van der Waals surface area contributed by atoms with Gasteiger partial charge in [-0.25, -0.2) is 4.39 Å². The number of anilines is 1. The number of allylic oxidation sites excluding steroid dienone is 4. The minimum Gasteiger partial charge on any atom is -0.337 e. The molecule has 1 heterocycles. The number of nitrogens with zero attached hydrogens (tertiary/aromatic N) is 1. The Bertz CT molecular complexity index is 1110. The van der Waals surface area contributed by atoms with Crippen LogP contribution in [0.5, 0.6) is 0 Å².